The van der Waals surface area contributed by atoms with Crippen LogP contribution in [0.5, 0.6) is 0 Å². The summed E-state index contributed by atoms with van der Waals surface area (Å²) in [6.45, 7) is 0. The van der Waals surface area contributed by atoms with Crippen molar-refractivity contribution in [1.29, 1.82) is 0 Å². The van der Waals surface area contributed by atoms with E-state index in [0.29, 0.717) is 17.8 Å². The fraction of sp³-hybridized carbons (Fsp3) is 0.214. The lowest BCUT2D eigenvalue weighted by Gasteiger charge is -2.19. The second-order valence-corrected chi connectivity index (χ2v) is 5.15. The summed E-state index contributed by atoms with van der Waals surface area (Å²) >= 11 is 3.10. The van der Waals surface area contributed by atoms with E-state index in [9.17, 15) is 8.78 Å². The van der Waals surface area contributed by atoms with Gasteiger partial charge in [-0.1, -0.05) is 12.1 Å². The molecule has 1 aromatic carbocycles. The number of hydrogen-bond acceptors (Lipinski definition) is 3. The molecule has 0 aliphatic carbocycles. The molecular weight excluding hydrogens is 328 g/mol. The van der Waals surface area contributed by atoms with E-state index in [1.807, 2.05) is 6.07 Å². The summed E-state index contributed by atoms with van der Waals surface area (Å²) in [6.07, 6.45) is 2.14. The van der Waals surface area contributed by atoms with Gasteiger partial charge in [-0.3, -0.25) is 0 Å². The maximum atomic E-state index is 13.6. The first kappa shape index (κ1) is 14.9. The number of nitrogens with one attached hydrogen (secondary N) is 1. The minimum atomic E-state index is -0.887. The van der Waals surface area contributed by atoms with E-state index >= 15 is 0 Å². The van der Waals surface area contributed by atoms with Crippen molar-refractivity contribution in [2.45, 2.75) is 12.5 Å². The van der Waals surface area contributed by atoms with E-state index in [0.717, 1.165) is 11.6 Å². The van der Waals surface area contributed by atoms with Crippen LogP contribution in [0.1, 0.15) is 17.2 Å². The van der Waals surface area contributed by atoms with E-state index in [1.165, 1.54) is 0 Å². The van der Waals surface area contributed by atoms with Gasteiger partial charge in [-0.25, -0.2) is 13.8 Å². The largest absolute Gasteiger partial charge is 0.383 e. The van der Waals surface area contributed by atoms with Crippen LogP contribution in [-0.4, -0.2) is 12.0 Å². The zero-order valence-electron chi connectivity index (χ0n) is 10.8. The number of anilines is 1. The first-order valence-corrected chi connectivity index (χ1v) is 6.84. The fourth-order valence-electron chi connectivity index (χ4n) is 2.02. The van der Waals surface area contributed by atoms with Crippen LogP contribution in [0.25, 0.3) is 0 Å². The minimum absolute atomic E-state index is 0.124. The number of pyridine rings is 1. The quantitative estimate of drug-likeness (QED) is 0.839. The lowest BCUT2D eigenvalue weighted by atomic mass is 9.99. The van der Waals surface area contributed by atoms with Crippen molar-refractivity contribution in [2.24, 2.45) is 0 Å². The monoisotopic (exact) mass is 341 g/mol. The van der Waals surface area contributed by atoms with Gasteiger partial charge in [0.15, 0.2) is 11.6 Å². The van der Waals surface area contributed by atoms with Gasteiger partial charge in [-0.2, -0.15) is 0 Å². The minimum Gasteiger partial charge on any atom is -0.383 e. The Morgan fingerprint density at radius 2 is 2.10 bits per heavy atom. The van der Waals surface area contributed by atoms with Crippen molar-refractivity contribution < 1.29 is 8.78 Å². The molecule has 0 aliphatic heterocycles. The third-order valence-electron chi connectivity index (χ3n) is 3.14. The van der Waals surface area contributed by atoms with E-state index < -0.39 is 11.6 Å². The molecule has 1 atom stereocenters. The predicted molar refractivity (Wildman–Crippen MR) is 78.2 cm³/mol. The third-order valence-corrected chi connectivity index (χ3v) is 3.95. The van der Waals surface area contributed by atoms with E-state index in [1.54, 1.807) is 25.4 Å². The molecule has 2 rings (SSSR count). The van der Waals surface area contributed by atoms with E-state index in [-0.39, 0.29) is 10.5 Å². The summed E-state index contributed by atoms with van der Waals surface area (Å²) in [5.41, 5.74) is 7.29. The molecule has 1 unspecified atom stereocenters. The zero-order chi connectivity index (χ0) is 14.7. The molecule has 106 valence electrons. The summed E-state index contributed by atoms with van der Waals surface area (Å²) in [4.78, 5) is 4.02. The molecule has 0 saturated carbocycles. The fourth-order valence-corrected chi connectivity index (χ4v) is 2.62. The van der Waals surface area contributed by atoms with Crippen molar-refractivity contribution in [3.8, 4) is 0 Å². The lowest BCUT2D eigenvalue weighted by Crippen LogP contribution is -2.20. The maximum absolute atomic E-state index is 13.6. The van der Waals surface area contributed by atoms with Crippen LogP contribution in [0, 0.1) is 11.6 Å². The van der Waals surface area contributed by atoms with Crippen molar-refractivity contribution in [3.63, 3.8) is 0 Å². The number of nitrogens with two attached hydrogens (primary N) is 1. The average Bonchev–Trinajstić information content (AvgIpc) is 2.45. The number of halogens is 3. The SMILES string of the molecule is CNC(Cc1cccnc1N)c1ccc(F)c(F)c1Br. The van der Waals surface area contributed by atoms with Gasteiger partial charge >= 0.3 is 0 Å². The van der Waals surface area contributed by atoms with Gasteiger partial charge in [-0.15, -0.1) is 0 Å². The smallest absolute Gasteiger partial charge is 0.173 e. The van der Waals surface area contributed by atoms with Gasteiger partial charge < -0.3 is 11.1 Å². The van der Waals surface area contributed by atoms with Crippen molar-refractivity contribution in [3.05, 3.63) is 57.7 Å². The van der Waals surface area contributed by atoms with Gasteiger partial charge in [0.25, 0.3) is 0 Å². The van der Waals surface area contributed by atoms with Crippen LogP contribution in [-0.2, 0) is 6.42 Å². The first-order valence-electron chi connectivity index (χ1n) is 6.04. The normalized spacial score (nSPS) is 12.4. The number of likely N-dealkylation sites (N-methyl/N-ethyl adjacent to an activating group) is 1. The Morgan fingerprint density at radius 1 is 1.35 bits per heavy atom. The molecule has 0 amide bonds. The molecule has 1 aromatic heterocycles. The summed E-state index contributed by atoms with van der Waals surface area (Å²) in [5.74, 6) is -1.33. The Kier molecular flexibility index (Phi) is 4.67. The van der Waals surface area contributed by atoms with Crippen LogP contribution in [0.4, 0.5) is 14.6 Å². The van der Waals surface area contributed by atoms with Crippen LogP contribution in [0.3, 0.4) is 0 Å². The number of hydrogen-bond donors (Lipinski definition) is 2. The van der Waals surface area contributed by atoms with Crippen molar-refractivity contribution in [1.82, 2.24) is 10.3 Å². The average molecular weight is 342 g/mol. The van der Waals surface area contributed by atoms with Crippen molar-refractivity contribution in [2.75, 3.05) is 12.8 Å². The topological polar surface area (TPSA) is 50.9 Å². The second kappa shape index (κ2) is 6.28. The Labute approximate surface area is 124 Å². The molecule has 6 heteroatoms. The summed E-state index contributed by atoms with van der Waals surface area (Å²) in [5, 5.41) is 3.08. The molecule has 0 saturated heterocycles. The Hall–Kier alpha value is -1.53. The Bertz CT molecular complexity index is 619. The highest BCUT2D eigenvalue weighted by Gasteiger charge is 2.19. The number of nitrogens with zero attached hydrogens (tertiary/aromatic N) is 1. The molecule has 2 aromatic rings. The van der Waals surface area contributed by atoms with Crippen LogP contribution < -0.4 is 11.1 Å². The van der Waals surface area contributed by atoms with Crippen LogP contribution >= 0.6 is 15.9 Å². The molecule has 1 heterocycles. The molecular formula is C14H14BrF2N3. The number of aromatic nitrogens is 1. The predicted octanol–water partition coefficient (Wildman–Crippen LogP) is 3.21. The summed E-state index contributed by atoms with van der Waals surface area (Å²) < 4.78 is 26.9. The molecule has 0 bridgehead atoms. The standard InChI is InChI=1S/C14H14BrF2N3/c1-19-11(7-8-3-2-6-20-14(8)18)9-4-5-10(16)13(17)12(9)15/h2-6,11,19H,7H2,1H3,(H2,18,20). The van der Waals surface area contributed by atoms with Gasteiger partial charge in [-0.05, 0) is 52.7 Å². The summed E-state index contributed by atoms with van der Waals surface area (Å²) in [6, 6.07) is 6.12. The lowest BCUT2D eigenvalue weighted by molar-refractivity contribution is 0.495. The highest BCUT2D eigenvalue weighted by Crippen LogP contribution is 2.30. The van der Waals surface area contributed by atoms with Crippen molar-refractivity contribution >= 4 is 21.7 Å². The third kappa shape index (κ3) is 2.96. The maximum Gasteiger partial charge on any atom is 0.173 e. The molecule has 3 nitrogen and oxygen atoms in total. The molecule has 0 spiro atoms. The van der Waals surface area contributed by atoms with Gasteiger partial charge in [0.2, 0.25) is 0 Å². The summed E-state index contributed by atoms with van der Waals surface area (Å²) in [7, 11) is 1.75. The van der Waals surface area contributed by atoms with Crippen LogP contribution in [0.2, 0.25) is 0 Å². The molecule has 3 N–H and O–H groups in total. The Morgan fingerprint density at radius 3 is 2.75 bits per heavy atom. The number of nitrogen functional groups attached to an aromatic ring is 1. The number of rotatable bonds is 4. The van der Waals surface area contributed by atoms with E-state index in [4.69, 9.17) is 5.73 Å². The van der Waals surface area contributed by atoms with Crippen LogP contribution in [0.15, 0.2) is 34.9 Å². The molecule has 0 aliphatic rings. The molecule has 0 radical (unpaired) electrons. The second-order valence-electron chi connectivity index (χ2n) is 4.36. The Balaban J connectivity index is 2.34. The highest BCUT2D eigenvalue weighted by molar-refractivity contribution is 9.10. The zero-order valence-corrected chi connectivity index (χ0v) is 12.4. The highest BCUT2D eigenvalue weighted by atomic mass is 79.9. The van der Waals surface area contributed by atoms with E-state index in [2.05, 4.69) is 26.2 Å². The first-order chi connectivity index (χ1) is 9.54. The molecule has 20 heavy (non-hydrogen) atoms. The van der Waals surface area contributed by atoms with Gasteiger partial charge in [0.1, 0.15) is 5.82 Å². The van der Waals surface area contributed by atoms with Gasteiger partial charge in [0, 0.05) is 12.2 Å². The number of benzene rings is 1. The molecule has 0 fully saturated rings. The van der Waals surface area contributed by atoms with Gasteiger partial charge in [0.05, 0.1) is 4.47 Å².